The van der Waals surface area contributed by atoms with E-state index in [4.69, 9.17) is 0 Å². The van der Waals surface area contributed by atoms with Crippen LogP contribution in [0.4, 0.5) is 0 Å². The number of rotatable bonds is 0. The first-order chi connectivity index (χ1) is 12.9. The van der Waals surface area contributed by atoms with Gasteiger partial charge in [0.15, 0.2) is 0 Å². The number of nitrogens with zero attached hydrogens (tertiary/aromatic N) is 1. The lowest BCUT2D eigenvalue weighted by Crippen LogP contribution is -2.52. The lowest BCUT2D eigenvalue weighted by atomic mass is 9.67. The minimum Gasteiger partial charge on any atom is -0.389 e. The fourth-order valence-corrected chi connectivity index (χ4v) is 5.99. The lowest BCUT2D eigenvalue weighted by Gasteiger charge is -2.51. The standard InChI is InChI=1S/C25H33NO/c1-24(2,3)25(27)11-12-26-16-20-14-18-8-5-4-7-17(18)13-19-9-6-10-21(23(19)20)22(26)15-25/h4-5,7-8,19,27H,6,9-16H2,1-3H3. The highest BCUT2D eigenvalue weighted by Gasteiger charge is 2.47. The first-order valence-electron chi connectivity index (χ1n) is 10.8. The molecule has 1 aromatic carbocycles. The number of allylic oxidation sites excluding steroid dienone is 2. The van der Waals surface area contributed by atoms with Crippen LogP contribution in [0.3, 0.4) is 0 Å². The maximum atomic E-state index is 11.5. The van der Waals surface area contributed by atoms with Gasteiger partial charge in [-0.1, -0.05) is 45.0 Å². The number of hydrogen-bond donors (Lipinski definition) is 1. The molecular weight excluding hydrogens is 330 g/mol. The van der Waals surface area contributed by atoms with Crippen molar-refractivity contribution in [2.75, 3.05) is 13.1 Å². The third-order valence-corrected chi connectivity index (χ3v) is 7.85. The SMILES string of the molecule is CC(C)(C)C1(O)CCN2CC3=C4C(=C2C1)CCCC4Cc1ccccc1C3. The topological polar surface area (TPSA) is 23.5 Å². The maximum absolute atomic E-state index is 11.5. The van der Waals surface area contributed by atoms with Gasteiger partial charge in [-0.15, -0.1) is 0 Å². The second-order valence-corrected chi connectivity index (χ2v) is 10.3. The largest absolute Gasteiger partial charge is 0.389 e. The molecule has 2 aliphatic heterocycles. The maximum Gasteiger partial charge on any atom is 0.0767 e. The summed E-state index contributed by atoms with van der Waals surface area (Å²) in [5.41, 5.74) is 8.91. The minimum absolute atomic E-state index is 0.0743. The van der Waals surface area contributed by atoms with E-state index in [1.165, 1.54) is 31.4 Å². The molecule has 1 aromatic rings. The molecule has 0 aromatic heterocycles. The van der Waals surface area contributed by atoms with Gasteiger partial charge in [0.2, 0.25) is 0 Å². The van der Waals surface area contributed by atoms with Crippen molar-refractivity contribution in [3.05, 3.63) is 57.8 Å². The number of aliphatic hydroxyl groups is 1. The molecule has 2 fully saturated rings. The minimum atomic E-state index is -0.579. The molecule has 1 N–H and O–H groups in total. The van der Waals surface area contributed by atoms with Gasteiger partial charge in [-0.25, -0.2) is 0 Å². The Morgan fingerprint density at radius 2 is 1.93 bits per heavy atom. The van der Waals surface area contributed by atoms with Crippen molar-refractivity contribution in [1.82, 2.24) is 4.90 Å². The highest BCUT2D eigenvalue weighted by atomic mass is 16.3. The third-order valence-electron chi connectivity index (χ3n) is 7.85. The molecule has 2 nitrogen and oxygen atoms in total. The number of piperidine rings is 1. The van der Waals surface area contributed by atoms with Crippen LogP contribution in [0.25, 0.3) is 0 Å². The van der Waals surface area contributed by atoms with Crippen molar-refractivity contribution in [3.63, 3.8) is 0 Å². The summed E-state index contributed by atoms with van der Waals surface area (Å²) in [6.45, 7) is 8.68. The Hall–Kier alpha value is -1.54. The smallest absolute Gasteiger partial charge is 0.0767 e. The molecule has 144 valence electrons. The van der Waals surface area contributed by atoms with E-state index in [9.17, 15) is 5.11 Å². The van der Waals surface area contributed by atoms with Gasteiger partial charge < -0.3 is 10.0 Å². The van der Waals surface area contributed by atoms with E-state index in [-0.39, 0.29) is 5.41 Å². The van der Waals surface area contributed by atoms with Crippen LogP contribution < -0.4 is 0 Å². The van der Waals surface area contributed by atoms with E-state index in [0.29, 0.717) is 5.92 Å². The average molecular weight is 364 g/mol. The summed E-state index contributed by atoms with van der Waals surface area (Å²) in [5.74, 6) is 0.687. The Balaban J connectivity index is 1.60. The molecule has 1 saturated heterocycles. The Morgan fingerprint density at radius 3 is 2.70 bits per heavy atom. The van der Waals surface area contributed by atoms with Gasteiger partial charge in [0.25, 0.3) is 0 Å². The molecule has 5 rings (SSSR count). The quantitative estimate of drug-likeness (QED) is 0.699. The van der Waals surface area contributed by atoms with E-state index < -0.39 is 5.60 Å². The van der Waals surface area contributed by atoms with Crippen molar-refractivity contribution in [2.24, 2.45) is 11.3 Å². The Kier molecular flexibility index (Phi) is 3.89. The summed E-state index contributed by atoms with van der Waals surface area (Å²) >= 11 is 0. The molecule has 0 bridgehead atoms. The molecule has 1 saturated carbocycles. The lowest BCUT2D eigenvalue weighted by molar-refractivity contribution is -0.0859. The van der Waals surface area contributed by atoms with Crippen LogP contribution >= 0.6 is 0 Å². The Labute approximate surface area is 164 Å². The van der Waals surface area contributed by atoms with E-state index in [1.54, 1.807) is 27.8 Å². The van der Waals surface area contributed by atoms with Crippen LogP contribution in [0.5, 0.6) is 0 Å². The predicted molar refractivity (Wildman–Crippen MR) is 110 cm³/mol. The molecule has 4 aliphatic rings. The van der Waals surface area contributed by atoms with Crippen LogP contribution in [-0.2, 0) is 12.8 Å². The molecule has 2 heterocycles. The molecule has 2 atom stereocenters. The first kappa shape index (κ1) is 17.6. The molecule has 2 heteroatoms. The number of hydrogen-bond acceptors (Lipinski definition) is 2. The molecule has 0 amide bonds. The summed E-state index contributed by atoms with van der Waals surface area (Å²) in [4.78, 5) is 2.62. The number of fused-ring (bicyclic) bond motifs is 2. The van der Waals surface area contributed by atoms with Crippen LogP contribution in [0, 0.1) is 11.3 Å². The monoisotopic (exact) mass is 363 g/mol. The summed E-state index contributed by atoms with van der Waals surface area (Å²) in [7, 11) is 0. The fourth-order valence-electron chi connectivity index (χ4n) is 5.99. The molecular formula is C25H33NO. The molecule has 0 radical (unpaired) electrons. The van der Waals surface area contributed by atoms with Crippen molar-refractivity contribution >= 4 is 0 Å². The zero-order valence-corrected chi connectivity index (χ0v) is 17.1. The summed E-state index contributed by atoms with van der Waals surface area (Å²) in [6, 6.07) is 9.10. The van der Waals surface area contributed by atoms with E-state index in [0.717, 1.165) is 32.4 Å². The van der Waals surface area contributed by atoms with Crippen molar-refractivity contribution in [1.29, 1.82) is 0 Å². The van der Waals surface area contributed by atoms with Gasteiger partial charge in [0, 0.05) is 25.2 Å². The van der Waals surface area contributed by atoms with Gasteiger partial charge in [-0.3, -0.25) is 0 Å². The molecule has 27 heavy (non-hydrogen) atoms. The van der Waals surface area contributed by atoms with Crippen molar-refractivity contribution in [3.8, 4) is 0 Å². The number of benzene rings is 1. The van der Waals surface area contributed by atoms with Gasteiger partial charge in [0.1, 0.15) is 0 Å². The average Bonchev–Trinajstić information content (AvgIpc) is 2.79. The van der Waals surface area contributed by atoms with Gasteiger partial charge in [-0.2, -0.15) is 0 Å². The first-order valence-corrected chi connectivity index (χ1v) is 10.8. The van der Waals surface area contributed by atoms with Gasteiger partial charge in [0.05, 0.1) is 5.60 Å². The second kappa shape index (κ2) is 5.98. The second-order valence-electron chi connectivity index (χ2n) is 10.3. The van der Waals surface area contributed by atoms with Gasteiger partial charge >= 0.3 is 0 Å². The van der Waals surface area contributed by atoms with E-state index in [2.05, 4.69) is 49.9 Å². The molecule has 2 unspecified atom stereocenters. The zero-order chi connectivity index (χ0) is 18.8. The van der Waals surface area contributed by atoms with Crippen molar-refractivity contribution in [2.45, 2.75) is 71.3 Å². The molecule has 2 aliphatic carbocycles. The van der Waals surface area contributed by atoms with Gasteiger partial charge in [-0.05, 0) is 77.7 Å². The van der Waals surface area contributed by atoms with Crippen LogP contribution in [0.2, 0.25) is 0 Å². The van der Waals surface area contributed by atoms with Crippen LogP contribution in [-0.4, -0.2) is 28.7 Å². The summed E-state index contributed by atoms with van der Waals surface area (Å²) < 4.78 is 0. The van der Waals surface area contributed by atoms with Crippen LogP contribution in [0.1, 0.15) is 64.0 Å². The highest BCUT2D eigenvalue weighted by Crippen LogP contribution is 2.50. The van der Waals surface area contributed by atoms with E-state index >= 15 is 0 Å². The summed E-state index contributed by atoms with van der Waals surface area (Å²) in [5, 5.41) is 11.5. The van der Waals surface area contributed by atoms with Crippen LogP contribution in [0.15, 0.2) is 46.7 Å². The molecule has 0 spiro atoms. The van der Waals surface area contributed by atoms with E-state index in [1.807, 2.05) is 0 Å². The summed E-state index contributed by atoms with van der Waals surface area (Å²) in [6.07, 6.45) is 7.88. The van der Waals surface area contributed by atoms with Crippen molar-refractivity contribution < 1.29 is 5.11 Å². The zero-order valence-electron chi connectivity index (χ0n) is 17.1. The Morgan fingerprint density at radius 1 is 1.15 bits per heavy atom. The highest BCUT2D eigenvalue weighted by molar-refractivity contribution is 5.51. The fraction of sp³-hybridized carbons (Fsp3) is 0.600. The third kappa shape index (κ3) is 2.71. The predicted octanol–water partition coefficient (Wildman–Crippen LogP) is 5.02. The Bertz CT molecular complexity index is 840. The normalized spacial score (nSPS) is 30.5.